The van der Waals surface area contributed by atoms with Crippen molar-refractivity contribution in [2.75, 3.05) is 5.32 Å². The van der Waals surface area contributed by atoms with Gasteiger partial charge in [-0.1, -0.05) is 11.6 Å². The lowest BCUT2D eigenvalue weighted by molar-refractivity contribution is 0.0696. The Hall–Kier alpha value is -1.92. The van der Waals surface area contributed by atoms with E-state index in [1.165, 1.54) is 24.4 Å². The molecule has 0 spiro atoms. The average molecular weight is 356 g/mol. The van der Waals surface area contributed by atoms with E-state index in [1.54, 1.807) is 12.1 Å². The van der Waals surface area contributed by atoms with Crippen LogP contribution in [-0.2, 0) is 0 Å². The molecule has 2 rings (SSSR count). The third-order valence-corrected chi connectivity index (χ3v) is 3.21. The number of amides is 1. The quantitative estimate of drug-likeness (QED) is 0.827. The van der Waals surface area contributed by atoms with Gasteiger partial charge in [-0.25, -0.2) is 9.78 Å². The fourth-order valence-corrected chi connectivity index (χ4v) is 2.08. The van der Waals surface area contributed by atoms with Crippen LogP contribution in [0.3, 0.4) is 0 Å². The summed E-state index contributed by atoms with van der Waals surface area (Å²) in [5.41, 5.74) is 0.684. The largest absolute Gasteiger partial charge is 0.478 e. The highest BCUT2D eigenvalue weighted by Gasteiger charge is 2.12. The highest BCUT2D eigenvalue weighted by Crippen LogP contribution is 2.21. The van der Waals surface area contributed by atoms with E-state index in [1.807, 2.05) is 0 Å². The number of carbonyl (C=O) groups excluding carboxylic acids is 1. The van der Waals surface area contributed by atoms with Gasteiger partial charge in [-0.3, -0.25) is 4.79 Å². The van der Waals surface area contributed by atoms with Crippen LogP contribution in [0.1, 0.15) is 20.7 Å². The smallest absolute Gasteiger partial charge is 0.337 e. The molecule has 2 N–H and O–H groups in total. The van der Waals surface area contributed by atoms with Crippen LogP contribution in [0.4, 0.5) is 5.69 Å². The summed E-state index contributed by atoms with van der Waals surface area (Å²) in [6.07, 6.45) is 1.49. The van der Waals surface area contributed by atoms with Crippen molar-refractivity contribution in [2.24, 2.45) is 0 Å². The van der Waals surface area contributed by atoms with Gasteiger partial charge in [0.15, 0.2) is 0 Å². The Morgan fingerprint density at radius 1 is 1.25 bits per heavy atom. The van der Waals surface area contributed by atoms with E-state index in [0.717, 1.165) is 0 Å². The number of pyridine rings is 1. The van der Waals surface area contributed by atoms with Gasteiger partial charge in [0, 0.05) is 17.4 Å². The maximum Gasteiger partial charge on any atom is 0.337 e. The third-order valence-electron chi connectivity index (χ3n) is 2.44. The summed E-state index contributed by atoms with van der Waals surface area (Å²) in [6, 6.07) is 7.36. The fourth-order valence-electron chi connectivity index (χ4n) is 1.51. The first kappa shape index (κ1) is 14.5. The van der Waals surface area contributed by atoms with Crippen LogP contribution >= 0.6 is 27.5 Å². The van der Waals surface area contributed by atoms with E-state index >= 15 is 0 Å². The van der Waals surface area contributed by atoms with Crippen molar-refractivity contribution in [1.29, 1.82) is 0 Å². The molecule has 2 aromatic rings. The standard InChI is InChI=1S/C13H8BrClN2O3/c14-11-5-7(3-4-16-11)12(18)17-8-1-2-10(15)9(6-8)13(19)20/h1-6H,(H,17,18)(H,19,20). The summed E-state index contributed by atoms with van der Waals surface area (Å²) in [6.45, 7) is 0. The minimum atomic E-state index is -1.15. The molecule has 1 heterocycles. The molecule has 0 radical (unpaired) electrons. The number of nitrogens with one attached hydrogen (secondary N) is 1. The first-order valence-electron chi connectivity index (χ1n) is 5.43. The predicted molar refractivity (Wildman–Crippen MR) is 78.3 cm³/mol. The van der Waals surface area contributed by atoms with Crippen molar-refractivity contribution in [1.82, 2.24) is 4.98 Å². The van der Waals surface area contributed by atoms with Crippen molar-refractivity contribution in [3.05, 3.63) is 57.3 Å². The molecule has 0 atom stereocenters. The Labute approximate surface area is 127 Å². The van der Waals surface area contributed by atoms with Gasteiger partial charge in [-0.05, 0) is 46.3 Å². The van der Waals surface area contributed by atoms with Gasteiger partial charge in [-0.2, -0.15) is 0 Å². The Kier molecular flexibility index (Phi) is 4.36. The van der Waals surface area contributed by atoms with Gasteiger partial charge in [0.2, 0.25) is 0 Å². The van der Waals surface area contributed by atoms with Crippen LogP contribution in [-0.4, -0.2) is 22.0 Å². The van der Waals surface area contributed by atoms with Crippen molar-refractivity contribution in [3.8, 4) is 0 Å². The monoisotopic (exact) mass is 354 g/mol. The summed E-state index contributed by atoms with van der Waals surface area (Å²) in [5, 5.41) is 11.7. The second-order valence-corrected chi connectivity index (χ2v) is 5.04. The van der Waals surface area contributed by atoms with Crippen LogP contribution in [0.5, 0.6) is 0 Å². The molecule has 102 valence electrons. The zero-order chi connectivity index (χ0) is 14.7. The molecule has 1 aromatic carbocycles. The minimum Gasteiger partial charge on any atom is -0.478 e. The number of aromatic nitrogens is 1. The normalized spacial score (nSPS) is 10.1. The summed E-state index contributed by atoms with van der Waals surface area (Å²) in [5.74, 6) is -1.52. The molecule has 0 bridgehead atoms. The van der Waals surface area contributed by atoms with E-state index < -0.39 is 5.97 Å². The van der Waals surface area contributed by atoms with E-state index in [2.05, 4.69) is 26.2 Å². The van der Waals surface area contributed by atoms with Gasteiger partial charge >= 0.3 is 5.97 Å². The maximum absolute atomic E-state index is 12.0. The number of carboxylic acids is 1. The molecule has 1 aromatic heterocycles. The van der Waals surface area contributed by atoms with Crippen LogP contribution in [0.25, 0.3) is 0 Å². The lowest BCUT2D eigenvalue weighted by Gasteiger charge is -2.07. The third kappa shape index (κ3) is 3.34. The molecule has 0 aliphatic heterocycles. The van der Waals surface area contributed by atoms with Gasteiger partial charge in [0.05, 0.1) is 10.6 Å². The van der Waals surface area contributed by atoms with Crippen molar-refractivity contribution in [2.45, 2.75) is 0 Å². The Balaban J connectivity index is 2.24. The highest BCUT2D eigenvalue weighted by molar-refractivity contribution is 9.10. The topological polar surface area (TPSA) is 79.3 Å². The number of aromatic carboxylic acids is 1. The van der Waals surface area contributed by atoms with Gasteiger partial charge < -0.3 is 10.4 Å². The van der Waals surface area contributed by atoms with Crippen LogP contribution in [0.15, 0.2) is 41.1 Å². The number of nitrogens with zero attached hydrogens (tertiary/aromatic N) is 1. The average Bonchev–Trinajstić information content (AvgIpc) is 2.40. The number of anilines is 1. The zero-order valence-electron chi connectivity index (χ0n) is 9.93. The van der Waals surface area contributed by atoms with Crippen molar-refractivity contribution >= 4 is 45.1 Å². The molecule has 20 heavy (non-hydrogen) atoms. The molecular weight excluding hydrogens is 348 g/mol. The predicted octanol–water partition coefficient (Wildman–Crippen LogP) is 3.45. The number of rotatable bonds is 3. The van der Waals surface area contributed by atoms with Crippen LogP contribution in [0, 0.1) is 0 Å². The van der Waals surface area contributed by atoms with Crippen molar-refractivity contribution < 1.29 is 14.7 Å². The van der Waals surface area contributed by atoms with Gasteiger partial charge in [0.25, 0.3) is 5.91 Å². The number of halogens is 2. The first-order chi connectivity index (χ1) is 9.47. The van der Waals surface area contributed by atoms with Crippen molar-refractivity contribution in [3.63, 3.8) is 0 Å². The summed E-state index contributed by atoms with van der Waals surface area (Å²) >= 11 is 8.93. The Morgan fingerprint density at radius 2 is 2.00 bits per heavy atom. The SMILES string of the molecule is O=C(Nc1ccc(Cl)c(C(=O)O)c1)c1ccnc(Br)c1. The highest BCUT2D eigenvalue weighted by atomic mass is 79.9. The second-order valence-electron chi connectivity index (χ2n) is 3.82. The summed E-state index contributed by atoms with van der Waals surface area (Å²) < 4.78 is 0.535. The molecule has 0 saturated heterocycles. The number of benzene rings is 1. The maximum atomic E-state index is 12.0. The van der Waals surface area contributed by atoms with Crippen LogP contribution in [0.2, 0.25) is 5.02 Å². The molecule has 7 heteroatoms. The number of carboxylic acid groups (broad SMARTS) is 1. The molecule has 0 fully saturated rings. The molecule has 0 aliphatic carbocycles. The lowest BCUT2D eigenvalue weighted by Crippen LogP contribution is -2.12. The Morgan fingerprint density at radius 3 is 2.65 bits per heavy atom. The summed E-state index contributed by atoms with van der Waals surface area (Å²) in [4.78, 5) is 26.9. The number of hydrogen-bond acceptors (Lipinski definition) is 3. The van der Waals surface area contributed by atoms with Gasteiger partial charge in [-0.15, -0.1) is 0 Å². The zero-order valence-corrected chi connectivity index (χ0v) is 12.3. The minimum absolute atomic E-state index is 0.0691. The number of carbonyl (C=O) groups is 2. The van der Waals surface area contributed by atoms with E-state index in [-0.39, 0.29) is 16.5 Å². The van der Waals surface area contributed by atoms with E-state index in [4.69, 9.17) is 16.7 Å². The van der Waals surface area contributed by atoms with Gasteiger partial charge in [0.1, 0.15) is 4.60 Å². The second kappa shape index (κ2) is 6.02. The Bertz CT molecular complexity index is 691. The molecular formula is C13H8BrClN2O3. The summed E-state index contributed by atoms with van der Waals surface area (Å²) in [7, 11) is 0. The number of hydrogen-bond donors (Lipinski definition) is 2. The molecule has 0 saturated carbocycles. The van der Waals surface area contributed by atoms with E-state index in [9.17, 15) is 9.59 Å². The molecule has 0 unspecified atom stereocenters. The molecule has 5 nitrogen and oxygen atoms in total. The van der Waals surface area contributed by atoms with E-state index in [0.29, 0.717) is 15.9 Å². The lowest BCUT2D eigenvalue weighted by atomic mass is 10.2. The first-order valence-corrected chi connectivity index (χ1v) is 6.60. The molecule has 0 aliphatic rings. The molecule has 1 amide bonds. The van der Waals surface area contributed by atoms with Crippen LogP contribution < -0.4 is 5.32 Å². The fraction of sp³-hybridized carbons (Fsp3) is 0.